The van der Waals surface area contributed by atoms with Gasteiger partial charge in [0.05, 0.1) is 5.52 Å². The van der Waals surface area contributed by atoms with Crippen LogP contribution < -0.4 is 16.0 Å². The summed E-state index contributed by atoms with van der Waals surface area (Å²) < 4.78 is 13.8. The number of anilines is 5. The van der Waals surface area contributed by atoms with Crippen LogP contribution in [0.5, 0.6) is 0 Å². The Hall–Kier alpha value is -4.78. The van der Waals surface area contributed by atoms with Gasteiger partial charge in [-0.15, -0.1) is 0 Å². The van der Waals surface area contributed by atoms with Crippen molar-refractivity contribution in [3.05, 3.63) is 115 Å². The van der Waals surface area contributed by atoms with Gasteiger partial charge in [0.2, 0.25) is 0 Å². The molecule has 7 heteroatoms. The summed E-state index contributed by atoms with van der Waals surface area (Å²) in [5.74, 6) is -0.687. The van der Waals surface area contributed by atoms with E-state index in [1.807, 2.05) is 54.6 Å². The number of benzene rings is 3. The first-order chi connectivity index (χ1) is 16.6. The molecule has 0 atom stereocenters. The third kappa shape index (κ3) is 4.83. The number of nitrogens with zero attached hydrogens (tertiary/aromatic N) is 2. The molecule has 2 heterocycles. The van der Waals surface area contributed by atoms with Crippen LogP contribution in [0.1, 0.15) is 10.5 Å². The molecule has 34 heavy (non-hydrogen) atoms. The monoisotopic (exact) mass is 449 g/mol. The van der Waals surface area contributed by atoms with E-state index in [-0.39, 0.29) is 17.4 Å². The number of hydrogen-bond donors (Lipinski definition) is 3. The number of aromatic nitrogens is 2. The maximum atomic E-state index is 13.8. The molecule has 0 radical (unpaired) electrons. The van der Waals surface area contributed by atoms with Crippen molar-refractivity contribution in [3.8, 4) is 0 Å². The number of rotatable bonds is 6. The summed E-state index contributed by atoms with van der Waals surface area (Å²) in [4.78, 5) is 21.3. The standard InChI is InChI=1S/C27H20FN5O/c28-18-9-10-24-23(15-18)25(12-14-29-24)32-22-11-13-30-26(17-22)27(34)33-21-8-4-7-20(16-21)31-19-5-2-1-3-6-19/h1-17,31H,(H,33,34)(H,29,30,32). The van der Waals surface area contributed by atoms with E-state index in [4.69, 9.17) is 0 Å². The molecule has 0 aliphatic rings. The number of amides is 1. The van der Waals surface area contributed by atoms with Crippen LogP contribution in [-0.4, -0.2) is 15.9 Å². The molecule has 0 unspecified atom stereocenters. The van der Waals surface area contributed by atoms with E-state index < -0.39 is 0 Å². The highest BCUT2D eigenvalue weighted by Crippen LogP contribution is 2.26. The van der Waals surface area contributed by atoms with E-state index in [9.17, 15) is 9.18 Å². The Morgan fingerprint density at radius 1 is 0.676 bits per heavy atom. The van der Waals surface area contributed by atoms with Gasteiger partial charge in [-0.2, -0.15) is 0 Å². The van der Waals surface area contributed by atoms with E-state index in [2.05, 4.69) is 25.9 Å². The molecule has 3 aromatic carbocycles. The van der Waals surface area contributed by atoms with Gasteiger partial charge in [-0.3, -0.25) is 14.8 Å². The molecule has 5 aromatic rings. The normalized spacial score (nSPS) is 10.6. The first kappa shape index (κ1) is 21.1. The van der Waals surface area contributed by atoms with Crippen LogP contribution in [0.15, 0.2) is 103 Å². The molecule has 0 fully saturated rings. The summed E-state index contributed by atoms with van der Waals surface area (Å²) >= 11 is 0. The highest BCUT2D eigenvalue weighted by atomic mass is 19.1. The van der Waals surface area contributed by atoms with Crippen molar-refractivity contribution in [2.75, 3.05) is 16.0 Å². The number of para-hydroxylation sites is 1. The minimum absolute atomic E-state index is 0.246. The van der Waals surface area contributed by atoms with Crippen LogP contribution in [0.25, 0.3) is 10.9 Å². The number of carbonyl (C=O) groups is 1. The molecule has 0 saturated carbocycles. The molecule has 0 aliphatic heterocycles. The van der Waals surface area contributed by atoms with Crippen molar-refractivity contribution in [2.24, 2.45) is 0 Å². The van der Waals surface area contributed by atoms with Crippen LogP contribution in [0.2, 0.25) is 0 Å². The second-order valence-corrected chi connectivity index (χ2v) is 7.60. The molecule has 2 aromatic heterocycles. The van der Waals surface area contributed by atoms with Gasteiger partial charge in [0.1, 0.15) is 11.5 Å². The van der Waals surface area contributed by atoms with Crippen LogP contribution in [0.4, 0.5) is 32.8 Å². The minimum Gasteiger partial charge on any atom is -0.355 e. The van der Waals surface area contributed by atoms with Crippen LogP contribution >= 0.6 is 0 Å². The zero-order chi connectivity index (χ0) is 23.3. The van der Waals surface area contributed by atoms with Crippen molar-refractivity contribution in [2.45, 2.75) is 0 Å². The average molecular weight is 449 g/mol. The molecule has 0 saturated heterocycles. The molecular formula is C27H20FN5O. The van der Waals surface area contributed by atoms with Gasteiger partial charge in [-0.05, 0) is 66.7 Å². The zero-order valence-electron chi connectivity index (χ0n) is 18.0. The van der Waals surface area contributed by atoms with Gasteiger partial charge in [-0.25, -0.2) is 4.39 Å². The number of fused-ring (bicyclic) bond motifs is 1. The lowest BCUT2D eigenvalue weighted by molar-refractivity contribution is 0.102. The largest absolute Gasteiger partial charge is 0.355 e. The Morgan fingerprint density at radius 3 is 2.32 bits per heavy atom. The molecule has 1 amide bonds. The number of nitrogens with one attached hydrogen (secondary N) is 3. The van der Waals surface area contributed by atoms with Crippen molar-refractivity contribution in [1.82, 2.24) is 9.97 Å². The summed E-state index contributed by atoms with van der Waals surface area (Å²) in [6.07, 6.45) is 3.20. The van der Waals surface area contributed by atoms with Crippen molar-refractivity contribution in [3.63, 3.8) is 0 Å². The van der Waals surface area contributed by atoms with Gasteiger partial charge in [-0.1, -0.05) is 24.3 Å². The van der Waals surface area contributed by atoms with Crippen LogP contribution in [0, 0.1) is 5.82 Å². The Morgan fingerprint density at radius 2 is 1.44 bits per heavy atom. The highest BCUT2D eigenvalue weighted by molar-refractivity contribution is 6.04. The number of pyridine rings is 2. The average Bonchev–Trinajstić information content (AvgIpc) is 2.85. The second kappa shape index (κ2) is 9.38. The first-order valence-corrected chi connectivity index (χ1v) is 10.6. The highest BCUT2D eigenvalue weighted by Gasteiger charge is 2.10. The Labute approximate surface area is 195 Å². The van der Waals surface area contributed by atoms with Gasteiger partial charge >= 0.3 is 0 Å². The summed E-state index contributed by atoms with van der Waals surface area (Å²) in [7, 11) is 0. The van der Waals surface area contributed by atoms with Crippen molar-refractivity contribution >= 4 is 45.2 Å². The summed E-state index contributed by atoms with van der Waals surface area (Å²) in [6, 6.07) is 26.8. The van der Waals surface area contributed by atoms with E-state index in [1.165, 1.54) is 12.1 Å². The fraction of sp³-hybridized carbons (Fsp3) is 0. The van der Waals surface area contributed by atoms with E-state index in [1.54, 1.807) is 36.7 Å². The predicted octanol–water partition coefficient (Wildman–Crippen LogP) is 6.51. The van der Waals surface area contributed by atoms with E-state index >= 15 is 0 Å². The number of halogens is 1. The van der Waals surface area contributed by atoms with Crippen molar-refractivity contribution < 1.29 is 9.18 Å². The van der Waals surface area contributed by atoms with Crippen LogP contribution in [-0.2, 0) is 0 Å². The quantitative estimate of drug-likeness (QED) is 0.275. The topological polar surface area (TPSA) is 78.9 Å². The molecule has 0 spiro atoms. The molecule has 6 nitrogen and oxygen atoms in total. The molecule has 166 valence electrons. The smallest absolute Gasteiger partial charge is 0.274 e. The third-order valence-electron chi connectivity index (χ3n) is 5.16. The van der Waals surface area contributed by atoms with Gasteiger partial charge < -0.3 is 16.0 Å². The molecule has 0 aliphatic carbocycles. The van der Waals surface area contributed by atoms with Gasteiger partial charge in [0.25, 0.3) is 5.91 Å². The molecule has 5 rings (SSSR count). The maximum Gasteiger partial charge on any atom is 0.274 e. The predicted molar refractivity (Wildman–Crippen MR) is 133 cm³/mol. The second-order valence-electron chi connectivity index (χ2n) is 7.60. The minimum atomic E-state index is -0.345. The summed E-state index contributed by atoms with van der Waals surface area (Å²) in [6.45, 7) is 0. The third-order valence-corrected chi connectivity index (χ3v) is 5.16. The fourth-order valence-corrected chi connectivity index (χ4v) is 3.57. The summed E-state index contributed by atoms with van der Waals surface area (Å²) in [5.41, 5.74) is 4.69. The SMILES string of the molecule is O=C(Nc1cccc(Nc2ccccc2)c1)c1cc(Nc2ccnc3ccc(F)cc23)ccn1. The lowest BCUT2D eigenvalue weighted by atomic mass is 10.1. The maximum absolute atomic E-state index is 13.8. The lowest BCUT2D eigenvalue weighted by Gasteiger charge is -2.11. The molecular weight excluding hydrogens is 429 g/mol. The van der Waals surface area contributed by atoms with Gasteiger partial charge in [0.15, 0.2) is 0 Å². The zero-order valence-corrected chi connectivity index (χ0v) is 18.0. The van der Waals surface area contributed by atoms with E-state index in [0.717, 1.165) is 11.4 Å². The first-order valence-electron chi connectivity index (χ1n) is 10.6. The Kier molecular flexibility index (Phi) is 5.82. The molecule has 3 N–H and O–H groups in total. The Balaban J connectivity index is 1.33. The lowest BCUT2D eigenvalue weighted by Crippen LogP contribution is -2.14. The van der Waals surface area contributed by atoms with E-state index in [0.29, 0.717) is 28.0 Å². The number of hydrogen-bond acceptors (Lipinski definition) is 5. The molecule has 0 bridgehead atoms. The summed E-state index contributed by atoms with van der Waals surface area (Å²) in [5, 5.41) is 10.1. The van der Waals surface area contributed by atoms with Crippen molar-refractivity contribution in [1.29, 1.82) is 0 Å². The Bertz CT molecular complexity index is 1470. The van der Waals surface area contributed by atoms with Gasteiger partial charge in [0, 0.05) is 46.2 Å². The van der Waals surface area contributed by atoms with Crippen LogP contribution in [0.3, 0.4) is 0 Å². The fourth-order valence-electron chi connectivity index (χ4n) is 3.57. The number of carbonyl (C=O) groups excluding carboxylic acids is 1.